The summed E-state index contributed by atoms with van der Waals surface area (Å²) in [6.07, 6.45) is 2.07. The molecule has 0 atom stereocenters. The summed E-state index contributed by atoms with van der Waals surface area (Å²) in [4.78, 5) is 6.12. The molecule has 4 aromatic carbocycles. The van der Waals surface area contributed by atoms with Crippen LogP contribution in [0.4, 0.5) is 0 Å². The van der Waals surface area contributed by atoms with Crippen LogP contribution in [0.1, 0.15) is 22.3 Å². The molecular formula is C26H20S. The Balaban J connectivity index is 1.85. The van der Waals surface area contributed by atoms with E-state index in [9.17, 15) is 0 Å². The number of rotatable bonds is 0. The first-order chi connectivity index (χ1) is 13.4. The van der Waals surface area contributed by atoms with Crippen LogP contribution < -0.4 is 0 Å². The van der Waals surface area contributed by atoms with E-state index in [2.05, 4.69) is 97.1 Å². The molecule has 0 unspecified atom stereocenters. The second kappa shape index (κ2) is 5.61. The van der Waals surface area contributed by atoms with E-state index in [1.54, 1.807) is 0 Å². The van der Waals surface area contributed by atoms with E-state index in [0.717, 1.165) is 12.8 Å². The third-order valence-corrected chi connectivity index (χ3v) is 10.2. The van der Waals surface area contributed by atoms with Crippen molar-refractivity contribution in [1.29, 1.82) is 0 Å². The minimum absolute atomic E-state index is 1.03. The van der Waals surface area contributed by atoms with E-state index in [1.807, 2.05) is 0 Å². The highest BCUT2D eigenvalue weighted by Gasteiger charge is 2.43. The second-order valence-electron chi connectivity index (χ2n) is 7.40. The highest BCUT2D eigenvalue weighted by Crippen LogP contribution is 2.78. The van der Waals surface area contributed by atoms with Gasteiger partial charge < -0.3 is 0 Å². The zero-order valence-electron chi connectivity index (χ0n) is 15.1. The van der Waals surface area contributed by atoms with Gasteiger partial charge in [-0.3, -0.25) is 0 Å². The van der Waals surface area contributed by atoms with Crippen LogP contribution in [0, 0.1) is 0 Å². The van der Waals surface area contributed by atoms with Gasteiger partial charge in [-0.1, -0.05) is 72.8 Å². The largest absolute Gasteiger partial charge is 0.132 e. The van der Waals surface area contributed by atoms with Crippen molar-refractivity contribution in [3.05, 3.63) is 119 Å². The van der Waals surface area contributed by atoms with E-state index in [1.165, 1.54) is 41.8 Å². The van der Waals surface area contributed by atoms with Crippen molar-refractivity contribution in [1.82, 2.24) is 0 Å². The lowest BCUT2D eigenvalue weighted by Gasteiger charge is -2.50. The Kier molecular flexibility index (Phi) is 3.18. The molecule has 2 heterocycles. The summed E-state index contributed by atoms with van der Waals surface area (Å²) < 4.78 is 0. The van der Waals surface area contributed by atoms with Crippen LogP contribution >= 0.6 is 10.0 Å². The lowest BCUT2D eigenvalue weighted by molar-refractivity contribution is 0.972. The van der Waals surface area contributed by atoms with Gasteiger partial charge in [0.2, 0.25) is 0 Å². The summed E-state index contributed by atoms with van der Waals surface area (Å²) >= 11 is 0. The summed E-state index contributed by atoms with van der Waals surface area (Å²) in [5, 5.41) is 0. The first-order valence-corrected chi connectivity index (χ1v) is 11.2. The molecule has 1 spiro atoms. The molecule has 1 heteroatoms. The predicted molar refractivity (Wildman–Crippen MR) is 112 cm³/mol. The number of hydrogen-bond donors (Lipinski definition) is 0. The van der Waals surface area contributed by atoms with Gasteiger partial charge in [0.1, 0.15) is 0 Å². The summed E-state index contributed by atoms with van der Waals surface area (Å²) in [6.45, 7) is 0. The minimum Gasteiger partial charge on any atom is -0.132 e. The molecule has 130 valence electrons. The standard InChI is InChI=1S/C26H20S/c1-5-13-23-19(9-1)17-20-10-2-6-14-24(20)27(23)25-15-7-3-11-21(25)18-22-12-4-8-16-26(22)27/h1-16H,17-18H2. The van der Waals surface area contributed by atoms with Crippen LogP contribution in [0.25, 0.3) is 0 Å². The predicted octanol–water partition coefficient (Wildman–Crippen LogP) is 6.84. The van der Waals surface area contributed by atoms with Crippen LogP contribution in [-0.2, 0) is 12.8 Å². The zero-order chi connectivity index (χ0) is 17.8. The molecule has 0 aliphatic carbocycles. The molecule has 4 aromatic rings. The summed E-state index contributed by atoms with van der Waals surface area (Å²) in [6, 6.07) is 36.6. The van der Waals surface area contributed by atoms with Crippen molar-refractivity contribution in [2.75, 3.05) is 0 Å². The average molecular weight is 365 g/mol. The highest BCUT2D eigenvalue weighted by molar-refractivity contribution is 8.34. The lowest BCUT2D eigenvalue weighted by atomic mass is 10.0. The van der Waals surface area contributed by atoms with Gasteiger partial charge in [0.25, 0.3) is 0 Å². The van der Waals surface area contributed by atoms with E-state index in [4.69, 9.17) is 0 Å². The van der Waals surface area contributed by atoms with Crippen molar-refractivity contribution >= 4 is 10.0 Å². The van der Waals surface area contributed by atoms with Gasteiger partial charge in [-0.15, -0.1) is 10.0 Å². The molecular weight excluding hydrogens is 344 g/mol. The van der Waals surface area contributed by atoms with Crippen LogP contribution in [-0.4, -0.2) is 0 Å². The van der Waals surface area contributed by atoms with Crippen molar-refractivity contribution in [3.63, 3.8) is 0 Å². The van der Waals surface area contributed by atoms with Crippen molar-refractivity contribution in [2.45, 2.75) is 32.4 Å². The molecule has 0 fully saturated rings. The monoisotopic (exact) mass is 364 g/mol. The number of fused-ring (bicyclic) bond motifs is 8. The first kappa shape index (κ1) is 15.3. The van der Waals surface area contributed by atoms with Gasteiger partial charge in [0.05, 0.1) is 0 Å². The topological polar surface area (TPSA) is 0 Å². The Bertz CT molecular complexity index is 998. The first-order valence-electron chi connectivity index (χ1n) is 9.54. The van der Waals surface area contributed by atoms with Crippen LogP contribution in [0.3, 0.4) is 0 Å². The molecule has 0 aromatic heterocycles. The van der Waals surface area contributed by atoms with Gasteiger partial charge in [-0.05, 0) is 59.4 Å². The summed E-state index contributed by atoms with van der Waals surface area (Å²) in [5.41, 5.74) is 5.94. The van der Waals surface area contributed by atoms with Gasteiger partial charge in [0, 0.05) is 19.6 Å². The molecule has 0 nitrogen and oxygen atoms in total. The van der Waals surface area contributed by atoms with E-state index >= 15 is 0 Å². The third-order valence-electron chi connectivity index (χ3n) is 5.97. The van der Waals surface area contributed by atoms with Crippen LogP contribution in [0.5, 0.6) is 0 Å². The maximum atomic E-state index is 2.39. The Morgan fingerprint density at radius 2 is 0.630 bits per heavy atom. The highest BCUT2D eigenvalue weighted by atomic mass is 32.3. The SMILES string of the molecule is c1ccc2c(c1)Cc1ccccc1S21c2ccccc2Cc2ccccc21. The second-order valence-corrected chi connectivity index (χ2v) is 10.4. The Hall–Kier alpha value is -2.77. The zero-order valence-corrected chi connectivity index (χ0v) is 15.9. The van der Waals surface area contributed by atoms with Gasteiger partial charge in [-0.2, -0.15) is 0 Å². The van der Waals surface area contributed by atoms with Crippen LogP contribution in [0.15, 0.2) is 117 Å². The van der Waals surface area contributed by atoms with Crippen molar-refractivity contribution < 1.29 is 0 Å². The average Bonchev–Trinajstić information content (AvgIpc) is 2.73. The van der Waals surface area contributed by atoms with E-state index in [0.29, 0.717) is 0 Å². The Morgan fingerprint density at radius 1 is 0.370 bits per heavy atom. The van der Waals surface area contributed by atoms with Gasteiger partial charge in [-0.25, -0.2) is 0 Å². The maximum Gasteiger partial charge on any atom is 0.00587 e. The fourth-order valence-corrected chi connectivity index (χ4v) is 9.60. The molecule has 0 radical (unpaired) electrons. The Labute approximate surface area is 161 Å². The lowest BCUT2D eigenvalue weighted by Crippen LogP contribution is -2.19. The van der Waals surface area contributed by atoms with Gasteiger partial charge in [0.15, 0.2) is 0 Å². The molecule has 2 aliphatic rings. The smallest absolute Gasteiger partial charge is 0.00587 e. The molecule has 0 saturated carbocycles. The molecule has 2 aliphatic heterocycles. The Morgan fingerprint density at radius 3 is 0.926 bits per heavy atom. The molecule has 0 N–H and O–H groups in total. The molecule has 6 rings (SSSR count). The van der Waals surface area contributed by atoms with E-state index < -0.39 is 10.0 Å². The molecule has 0 saturated heterocycles. The quantitative estimate of drug-likeness (QED) is 0.277. The van der Waals surface area contributed by atoms with Gasteiger partial charge >= 0.3 is 0 Å². The molecule has 27 heavy (non-hydrogen) atoms. The van der Waals surface area contributed by atoms with Crippen molar-refractivity contribution in [3.8, 4) is 0 Å². The maximum absolute atomic E-state index is 2.39. The molecule has 0 amide bonds. The third kappa shape index (κ3) is 1.95. The number of benzene rings is 4. The van der Waals surface area contributed by atoms with E-state index in [-0.39, 0.29) is 0 Å². The number of hydrogen-bond acceptors (Lipinski definition) is 0. The summed E-state index contributed by atoms with van der Waals surface area (Å²) in [5.74, 6) is 0. The fraction of sp³-hybridized carbons (Fsp3) is 0.0769. The minimum atomic E-state index is -1.44. The van der Waals surface area contributed by atoms with Crippen molar-refractivity contribution in [2.24, 2.45) is 0 Å². The van der Waals surface area contributed by atoms with Crippen LogP contribution in [0.2, 0.25) is 0 Å². The summed E-state index contributed by atoms with van der Waals surface area (Å²) in [7, 11) is -1.44. The normalized spacial score (nSPS) is 16.6. The fourth-order valence-electron chi connectivity index (χ4n) is 4.92. The molecule has 0 bridgehead atoms.